The molecule has 2 aromatic carbocycles. The van der Waals surface area contributed by atoms with E-state index in [1.165, 1.54) is 11.2 Å². The molecule has 1 aromatic heterocycles. The molecule has 0 spiro atoms. The number of hydrogen-bond donors (Lipinski definition) is 1. The van der Waals surface area contributed by atoms with Crippen molar-refractivity contribution in [1.29, 1.82) is 0 Å². The molecule has 0 unspecified atom stereocenters. The molecule has 3 aromatic rings. The lowest BCUT2D eigenvalue weighted by atomic mass is 10.0. The van der Waals surface area contributed by atoms with Crippen LogP contribution in [0.3, 0.4) is 0 Å². The first-order chi connectivity index (χ1) is 15.0. The highest BCUT2D eigenvalue weighted by atomic mass is 16.5. The minimum absolute atomic E-state index is 0.0726. The minimum Gasteiger partial charge on any atom is -0.494 e. The second-order valence-electron chi connectivity index (χ2n) is 7.43. The van der Waals surface area contributed by atoms with E-state index in [1.54, 1.807) is 36.4 Å². The Morgan fingerprint density at radius 2 is 1.77 bits per heavy atom. The number of ether oxygens (including phenoxy) is 1. The van der Waals surface area contributed by atoms with E-state index >= 15 is 0 Å². The van der Waals surface area contributed by atoms with Gasteiger partial charge in [0.2, 0.25) is 0 Å². The van der Waals surface area contributed by atoms with Crippen LogP contribution < -0.4 is 10.1 Å². The minimum atomic E-state index is -0.383. The molecular weight excluding hydrogens is 392 g/mol. The largest absolute Gasteiger partial charge is 0.494 e. The molecule has 1 N–H and O–H groups in total. The molecule has 0 aliphatic carbocycles. The average molecular weight is 416 g/mol. The SMILES string of the molecule is CCOc1ccc(C2=C(Nc3cc(C)ccc3C)C(=O)N(Cc3ccco3)C2=O)cc1. The van der Waals surface area contributed by atoms with Crippen molar-refractivity contribution in [2.75, 3.05) is 11.9 Å². The van der Waals surface area contributed by atoms with Gasteiger partial charge in [-0.3, -0.25) is 14.5 Å². The summed E-state index contributed by atoms with van der Waals surface area (Å²) in [5.41, 5.74) is 4.07. The number of amides is 2. The van der Waals surface area contributed by atoms with Crippen molar-refractivity contribution < 1.29 is 18.7 Å². The van der Waals surface area contributed by atoms with E-state index in [0.717, 1.165) is 16.8 Å². The van der Waals surface area contributed by atoms with Crippen molar-refractivity contribution in [2.24, 2.45) is 0 Å². The third-order valence-corrected chi connectivity index (χ3v) is 5.17. The molecular formula is C25H24N2O4. The maximum Gasteiger partial charge on any atom is 0.278 e. The third-order valence-electron chi connectivity index (χ3n) is 5.17. The summed E-state index contributed by atoms with van der Waals surface area (Å²) in [4.78, 5) is 27.9. The summed E-state index contributed by atoms with van der Waals surface area (Å²) >= 11 is 0. The number of rotatable bonds is 7. The zero-order valence-electron chi connectivity index (χ0n) is 17.8. The number of nitrogens with one attached hydrogen (secondary N) is 1. The fourth-order valence-corrected chi connectivity index (χ4v) is 3.55. The van der Waals surface area contributed by atoms with Gasteiger partial charge in [-0.25, -0.2) is 0 Å². The molecule has 0 bridgehead atoms. The number of imide groups is 1. The highest BCUT2D eigenvalue weighted by Crippen LogP contribution is 2.33. The second-order valence-corrected chi connectivity index (χ2v) is 7.43. The quantitative estimate of drug-likeness (QED) is 0.566. The summed E-state index contributed by atoms with van der Waals surface area (Å²) < 4.78 is 10.9. The molecule has 0 radical (unpaired) electrons. The van der Waals surface area contributed by atoms with Gasteiger partial charge in [0.05, 0.1) is 25.0 Å². The standard InChI is InChI=1S/C25H24N2O4/c1-4-30-19-11-9-18(10-12-19)22-23(26-21-14-16(2)7-8-17(21)3)25(29)27(24(22)28)15-20-6-5-13-31-20/h5-14,26H,4,15H2,1-3H3. The van der Waals surface area contributed by atoms with Crippen molar-refractivity contribution in [1.82, 2.24) is 4.90 Å². The Labute approximate surface area is 181 Å². The van der Waals surface area contributed by atoms with E-state index < -0.39 is 0 Å². The second kappa shape index (κ2) is 8.52. The molecule has 0 saturated heterocycles. The zero-order valence-corrected chi connectivity index (χ0v) is 17.8. The Kier molecular flexibility index (Phi) is 5.62. The molecule has 4 rings (SSSR count). The maximum absolute atomic E-state index is 13.3. The number of benzene rings is 2. The van der Waals surface area contributed by atoms with Crippen molar-refractivity contribution in [3.63, 3.8) is 0 Å². The average Bonchev–Trinajstić information content (AvgIpc) is 3.35. The number of nitrogens with zero attached hydrogens (tertiary/aromatic N) is 1. The predicted octanol–water partition coefficient (Wildman–Crippen LogP) is 4.69. The van der Waals surface area contributed by atoms with Gasteiger partial charge in [0, 0.05) is 5.69 Å². The van der Waals surface area contributed by atoms with Gasteiger partial charge in [-0.1, -0.05) is 24.3 Å². The summed E-state index contributed by atoms with van der Waals surface area (Å²) in [6.45, 7) is 6.48. The van der Waals surface area contributed by atoms with E-state index in [9.17, 15) is 9.59 Å². The number of aryl methyl sites for hydroxylation is 2. The van der Waals surface area contributed by atoms with E-state index in [0.29, 0.717) is 29.3 Å². The van der Waals surface area contributed by atoms with E-state index in [1.807, 2.05) is 39.0 Å². The van der Waals surface area contributed by atoms with Crippen LogP contribution in [0.15, 0.2) is 71.0 Å². The number of furan rings is 1. The number of carbonyl (C=O) groups is 2. The molecule has 1 aliphatic rings. The highest BCUT2D eigenvalue weighted by molar-refractivity contribution is 6.36. The Bertz CT molecular complexity index is 1140. The van der Waals surface area contributed by atoms with Crippen LogP contribution in [0.1, 0.15) is 29.4 Å². The van der Waals surface area contributed by atoms with Crippen LogP contribution in [0.2, 0.25) is 0 Å². The molecule has 6 nitrogen and oxygen atoms in total. The molecule has 0 fully saturated rings. The van der Waals surface area contributed by atoms with Gasteiger partial charge in [0.1, 0.15) is 17.2 Å². The van der Waals surface area contributed by atoms with Crippen molar-refractivity contribution in [3.05, 3.63) is 89.0 Å². The lowest BCUT2D eigenvalue weighted by Gasteiger charge is -2.14. The summed E-state index contributed by atoms with van der Waals surface area (Å²) in [6.07, 6.45) is 1.52. The zero-order chi connectivity index (χ0) is 22.0. The molecule has 1 aliphatic heterocycles. The van der Waals surface area contributed by atoms with Crippen LogP contribution in [-0.2, 0) is 16.1 Å². The number of anilines is 1. The van der Waals surface area contributed by atoms with Crippen LogP contribution in [-0.4, -0.2) is 23.3 Å². The normalized spacial score (nSPS) is 13.8. The molecule has 31 heavy (non-hydrogen) atoms. The van der Waals surface area contributed by atoms with Gasteiger partial charge in [-0.05, 0) is 67.8 Å². The van der Waals surface area contributed by atoms with Crippen molar-refractivity contribution in [3.8, 4) is 5.75 Å². The van der Waals surface area contributed by atoms with Crippen LogP contribution in [0.5, 0.6) is 5.75 Å². The summed E-state index contributed by atoms with van der Waals surface area (Å²) in [7, 11) is 0. The van der Waals surface area contributed by atoms with Gasteiger partial charge in [-0.2, -0.15) is 0 Å². The first-order valence-electron chi connectivity index (χ1n) is 10.2. The molecule has 6 heteroatoms. The molecule has 2 amide bonds. The van der Waals surface area contributed by atoms with Crippen molar-refractivity contribution >= 4 is 23.1 Å². The van der Waals surface area contributed by atoms with E-state index in [2.05, 4.69) is 5.32 Å². The highest BCUT2D eigenvalue weighted by Gasteiger charge is 2.39. The Hall–Kier alpha value is -3.80. The van der Waals surface area contributed by atoms with E-state index in [-0.39, 0.29) is 24.1 Å². The fraction of sp³-hybridized carbons (Fsp3) is 0.200. The molecule has 158 valence electrons. The maximum atomic E-state index is 13.3. The molecule has 0 saturated carbocycles. The van der Waals surface area contributed by atoms with Crippen LogP contribution >= 0.6 is 0 Å². The van der Waals surface area contributed by atoms with Crippen LogP contribution in [0.25, 0.3) is 5.57 Å². The summed E-state index contributed by atoms with van der Waals surface area (Å²) in [5, 5.41) is 3.23. The summed E-state index contributed by atoms with van der Waals surface area (Å²) in [6, 6.07) is 16.6. The monoisotopic (exact) mass is 416 g/mol. The first-order valence-corrected chi connectivity index (χ1v) is 10.2. The van der Waals surface area contributed by atoms with Gasteiger partial charge >= 0.3 is 0 Å². The Morgan fingerprint density at radius 1 is 1.00 bits per heavy atom. The Balaban J connectivity index is 1.75. The lowest BCUT2D eigenvalue weighted by Crippen LogP contribution is -2.31. The Morgan fingerprint density at radius 3 is 2.45 bits per heavy atom. The van der Waals surface area contributed by atoms with Crippen molar-refractivity contribution in [2.45, 2.75) is 27.3 Å². The topological polar surface area (TPSA) is 71.8 Å². The van der Waals surface area contributed by atoms with E-state index in [4.69, 9.17) is 9.15 Å². The first kappa shape index (κ1) is 20.5. The number of carbonyl (C=O) groups excluding carboxylic acids is 2. The molecule has 2 heterocycles. The third kappa shape index (κ3) is 4.10. The van der Waals surface area contributed by atoms with Crippen LogP contribution in [0.4, 0.5) is 5.69 Å². The van der Waals surface area contributed by atoms with Gasteiger partial charge in [0.25, 0.3) is 11.8 Å². The van der Waals surface area contributed by atoms with Gasteiger partial charge in [-0.15, -0.1) is 0 Å². The van der Waals surface area contributed by atoms with Crippen LogP contribution in [0, 0.1) is 13.8 Å². The van der Waals surface area contributed by atoms with Gasteiger partial charge < -0.3 is 14.5 Å². The smallest absolute Gasteiger partial charge is 0.278 e. The predicted molar refractivity (Wildman–Crippen MR) is 118 cm³/mol. The lowest BCUT2D eigenvalue weighted by molar-refractivity contribution is -0.137. The summed E-state index contributed by atoms with van der Waals surface area (Å²) in [5.74, 6) is 0.505. The number of hydrogen-bond acceptors (Lipinski definition) is 5. The fourth-order valence-electron chi connectivity index (χ4n) is 3.55. The van der Waals surface area contributed by atoms with Gasteiger partial charge in [0.15, 0.2) is 0 Å². The molecule has 0 atom stereocenters.